The number of hydrogen-bond donors (Lipinski definition) is 1. The van der Waals surface area contributed by atoms with Crippen molar-refractivity contribution in [2.75, 3.05) is 6.61 Å². The van der Waals surface area contributed by atoms with Crippen molar-refractivity contribution < 1.29 is 9.90 Å². The molecule has 0 bridgehead atoms. The smallest absolute Gasteiger partial charge is 0.139 e. The molecule has 0 radical (unpaired) electrons. The molecule has 0 saturated heterocycles. The second-order valence-corrected chi connectivity index (χ2v) is 11.3. The van der Waals surface area contributed by atoms with E-state index in [1.807, 2.05) is 6.92 Å². The van der Waals surface area contributed by atoms with Gasteiger partial charge in [-0.25, -0.2) is 0 Å². The van der Waals surface area contributed by atoms with Crippen molar-refractivity contribution >= 4 is 5.78 Å². The van der Waals surface area contributed by atoms with E-state index in [0.717, 1.165) is 30.8 Å². The lowest BCUT2D eigenvalue weighted by Crippen LogP contribution is -2.54. The number of ketones is 1. The van der Waals surface area contributed by atoms with Crippen LogP contribution in [0.2, 0.25) is 0 Å². The van der Waals surface area contributed by atoms with E-state index in [0.29, 0.717) is 34.9 Å². The minimum absolute atomic E-state index is 0.104. The Bertz CT molecular complexity index is 703. The number of Topliss-reactive ketones (excluding diaryl/α,β-unsaturated/α-hetero) is 1. The summed E-state index contributed by atoms with van der Waals surface area (Å²) >= 11 is 0. The van der Waals surface area contributed by atoms with Crippen molar-refractivity contribution in [3.8, 4) is 0 Å². The summed E-state index contributed by atoms with van der Waals surface area (Å²) in [6.07, 6.45) is 16.7. The molecular formula is C27H42O2. The summed E-state index contributed by atoms with van der Waals surface area (Å²) in [5.41, 5.74) is 2.95. The Morgan fingerprint density at radius 3 is 2.83 bits per heavy atom. The Morgan fingerprint density at radius 2 is 2.07 bits per heavy atom. The summed E-state index contributed by atoms with van der Waals surface area (Å²) in [5, 5.41) is 9.24. The predicted molar refractivity (Wildman–Crippen MR) is 119 cm³/mol. The van der Waals surface area contributed by atoms with Crippen LogP contribution in [0.3, 0.4) is 0 Å². The molecular weight excluding hydrogens is 356 g/mol. The Kier molecular flexibility index (Phi) is 5.88. The van der Waals surface area contributed by atoms with Gasteiger partial charge in [-0.3, -0.25) is 4.79 Å². The van der Waals surface area contributed by atoms with Crippen LogP contribution in [-0.2, 0) is 4.79 Å². The molecule has 3 saturated carbocycles. The third-order valence-electron chi connectivity index (χ3n) is 10.0. The number of fused-ring (bicyclic) bond motifs is 5. The summed E-state index contributed by atoms with van der Waals surface area (Å²) in [4.78, 5) is 13.7. The number of carbonyl (C=O) groups is 1. The Hall–Kier alpha value is -0.890. The van der Waals surface area contributed by atoms with Gasteiger partial charge in [-0.2, -0.15) is 0 Å². The van der Waals surface area contributed by atoms with E-state index >= 15 is 0 Å². The zero-order valence-corrected chi connectivity index (χ0v) is 19.2. The molecule has 0 unspecified atom stereocenters. The van der Waals surface area contributed by atoms with Gasteiger partial charge >= 0.3 is 0 Å². The first kappa shape index (κ1) is 21.3. The lowest BCUT2D eigenvalue weighted by Gasteiger charge is -2.57. The van der Waals surface area contributed by atoms with Crippen LogP contribution in [0, 0.1) is 40.4 Å². The summed E-state index contributed by atoms with van der Waals surface area (Å²) in [6.45, 7) is 9.38. The molecule has 0 heterocycles. The first-order valence-corrected chi connectivity index (χ1v) is 12.3. The SMILES string of the molecule is CC(=CCC[C@@H](C)[C@H]1CC[C@H]2[C@@H]3CC=C4CCCC[C@]4(C)[C@H]3CC(=O)[C@]12C)CO. The fourth-order valence-electron chi connectivity index (χ4n) is 8.21. The van der Waals surface area contributed by atoms with Gasteiger partial charge in [-0.05, 0) is 93.3 Å². The highest BCUT2D eigenvalue weighted by atomic mass is 16.3. The van der Waals surface area contributed by atoms with E-state index in [1.165, 1.54) is 44.9 Å². The molecule has 2 nitrogen and oxygen atoms in total. The van der Waals surface area contributed by atoms with E-state index in [1.54, 1.807) is 5.57 Å². The molecule has 162 valence electrons. The van der Waals surface area contributed by atoms with Crippen molar-refractivity contribution in [1.82, 2.24) is 0 Å². The van der Waals surface area contributed by atoms with Gasteiger partial charge in [0.15, 0.2) is 0 Å². The predicted octanol–water partition coefficient (Wildman–Crippen LogP) is 6.49. The van der Waals surface area contributed by atoms with Crippen LogP contribution >= 0.6 is 0 Å². The molecule has 0 aliphatic heterocycles. The molecule has 29 heavy (non-hydrogen) atoms. The maximum atomic E-state index is 13.7. The summed E-state index contributed by atoms with van der Waals surface area (Å²) in [6, 6.07) is 0. The molecule has 4 aliphatic carbocycles. The maximum Gasteiger partial charge on any atom is 0.139 e. The molecule has 0 aromatic carbocycles. The van der Waals surface area contributed by atoms with Crippen LogP contribution < -0.4 is 0 Å². The van der Waals surface area contributed by atoms with Crippen LogP contribution in [0.25, 0.3) is 0 Å². The van der Waals surface area contributed by atoms with Gasteiger partial charge in [0, 0.05) is 11.8 Å². The Balaban J connectivity index is 1.54. The Morgan fingerprint density at radius 1 is 1.28 bits per heavy atom. The zero-order chi connectivity index (χ0) is 20.8. The quantitative estimate of drug-likeness (QED) is 0.537. The van der Waals surface area contributed by atoms with Gasteiger partial charge in [-0.15, -0.1) is 0 Å². The van der Waals surface area contributed by atoms with Crippen molar-refractivity contribution in [2.45, 2.75) is 91.9 Å². The van der Waals surface area contributed by atoms with Gasteiger partial charge < -0.3 is 5.11 Å². The number of aliphatic hydroxyl groups is 1. The molecule has 7 atom stereocenters. The molecule has 0 spiro atoms. The zero-order valence-electron chi connectivity index (χ0n) is 19.2. The Labute approximate surface area is 178 Å². The van der Waals surface area contributed by atoms with E-state index in [-0.39, 0.29) is 12.0 Å². The average molecular weight is 399 g/mol. The van der Waals surface area contributed by atoms with E-state index in [4.69, 9.17) is 0 Å². The van der Waals surface area contributed by atoms with Gasteiger partial charge in [-0.1, -0.05) is 50.5 Å². The highest BCUT2D eigenvalue weighted by molar-refractivity contribution is 5.87. The third kappa shape index (κ3) is 3.38. The van der Waals surface area contributed by atoms with Crippen molar-refractivity contribution in [1.29, 1.82) is 0 Å². The lowest BCUT2D eigenvalue weighted by molar-refractivity contribution is -0.147. The molecule has 2 heteroatoms. The second kappa shape index (κ2) is 7.98. The van der Waals surface area contributed by atoms with Crippen molar-refractivity contribution in [2.24, 2.45) is 40.4 Å². The number of allylic oxidation sites excluding steroid dienone is 3. The fourth-order valence-corrected chi connectivity index (χ4v) is 8.21. The first-order chi connectivity index (χ1) is 13.8. The number of hydrogen-bond acceptors (Lipinski definition) is 2. The topological polar surface area (TPSA) is 37.3 Å². The standard InChI is InChI=1S/C27H42O2/c1-18(17-28)8-7-9-19(2)22-13-14-23-21-12-11-20-10-5-6-15-26(20,3)24(21)16-25(29)27(22,23)4/h8,11,19,21-24,28H,5-7,9-10,12-17H2,1-4H3/t19-,21+,22-,23+,24+,26+,27-/m1/s1. The van der Waals surface area contributed by atoms with Crippen molar-refractivity contribution in [3.05, 3.63) is 23.3 Å². The maximum absolute atomic E-state index is 13.7. The fraction of sp³-hybridized carbons (Fsp3) is 0.815. The van der Waals surface area contributed by atoms with Crippen LogP contribution in [0.15, 0.2) is 23.3 Å². The average Bonchev–Trinajstić information content (AvgIpc) is 3.07. The molecule has 0 amide bonds. The molecule has 1 N–H and O–H groups in total. The van der Waals surface area contributed by atoms with Crippen LogP contribution in [0.5, 0.6) is 0 Å². The minimum atomic E-state index is -0.104. The van der Waals surface area contributed by atoms with Crippen LogP contribution in [0.1, 0.15) is 91.9 Å². The number of aliphatic hydroxyl groups excluding tert-OH is 1. The number of carbonyl (C=O) groups excluding carboxylic acids is 1. The van der Waals surface area contributed by atoms with Gasteiger partial charge in [0.05, 0.1) is 6.61 Å². The molecule has 0 aromatic rings. The second-order valence-electron chi connectivity index (χ2n) is 11.3. The number of rotatable bonds is 5. The highest BCUT2D eigenvalue weighted by Gasteiger charge is 2.62. The van der Waals surface area contributed by atoms with E-state index < -0.39 is 0 Å². The van der Waals surface area contributed by atoms with Crippen molar-refractivity contribution in [3.63, 3.8) is 0 Å². The summed E-state index contributed by atoms with van der Waals surface area (Å²) in [7, 11) is 0. The molecule has 3 fully saturated rings. The molecule has 4 aliphatic rings. The molecule has 4 rings (SSSR count). The lowest BCUT2D eigenvalue weighted by atomic mass is 9.46. The van der Waals surface area contributed by atoms with E-state index in [9.17, 15) is 9.90 Å². The van der Waals surface area contributed by atoms with Crippen LogP contribution in [0.4, 0.5) is 0 Å². The van der Waals surface area contributed by atoms with Gasteiger partial charge in [0.2, 0.25) is 0 Å². The largest absolute Gasteiger partial charge is 0.392 e. The van der Waals surface area contributed by atoms with Gasteiger partial charge in [0.25, 0.3) is 0 Å². The van der Waals surface area contributed by atoms with E-state index in [2.05, 4.69) is 32.9 Å². The summed E-state index contributed by atoms with van der Waals surface area (Å²) < 4.78 is 0. The van der Waals surface area contributed by atoms with Crippen LogP contribution in [-0.4, -0.2) is 17.5 Å². The third-order valence-corrected chi connectivity index (χ3v) is 10.0. The minimum Gasteiger partial charge on any atom is -0.392 e. The summed E-state index contributed by atoms with van der Waals surface area (Å²) in [5.74, 6) is 3.61. The molecule has 0 aromatic heterocycles. The van der Waals surface area contributed by atoms with Gasteiger partial charge in [0.1, 0.15) is 5.78 Å². The monoisotopic (exact) mass is 398 g/mol. The normalized spacial score (nSPS) is 43.3. The highest BCUT2D eigenvalue weighted by Crippen LogP contribution is 2.66. The first-order valence-electron chi connectivity index (χ1n) is 12.3.